The molecule has 4 unspecified atom stereocenters. The number of ketones is 1. The van der Waals surface area contributed by atoms with E-state index in [1.54, 1.807) is 6.08 Å². The van der Waals surface area contributed by atoms with Gasteiger partial charge in [-0.25, -0.2) is 0 Å². The Morgan fingerprint density at radius 2 is 1.79 bits per heavy atom. The summed E-state index contributed by atoms with van der Waals surface area (Å²) >= 11 is 0. The number of hydrogen-bond donors (Lipinski definition) is 3. The largest absolute Gasteiger partial charge is 0.462 e. The predicted molar refractivity (Wildman–Crippen MR) is 151 cm³/mol. The second kappa shape index (κ2) is 11.4. The van der Waals surface area contributed by atoms with Gasteiger partial charge in [0.2, 0.25) is 0 Å². The summed E-state index contributed by atoms with van der Waals surface area (Å²) < 4.78 is 5.75. The molecule has 0 aromatic carbocycles. The number of ether oxygens (including phenoxy) is 1. The van der Waals surface area contributed by atoms with Crippen molar-refractivity contribution < 1.29 is 29.6 Å². The molecule has 0 saturated heterocycles. The molecule has 0 aromatic rings. The molecule has 0 aromatic heterocycles. The number of carbonyl (C=O) groups is 2. The molecule has 3 saturated carbocycles. The van der Waals surface area contributed by atoms with E-state index in [0.717, 1.165) is 31.3 Å². The SMILES string of the molecule is CC(C)C(=O)O[C@H]1CC[C@@]2(C)C(=CC(=O)C3C4[C@H](O)CC([C@H](C)CC/C(=C\CO)C(C)C)[C@@]4(C)C[C@@H](O)C32)C1. The fourth-order valence-corrected chi connectivity index (χ4v) is 9.21. The number of carbonyl (C=O) groups excluding carboxylic acids is 2. The molecule has 6 nitrogen and oxygen atoms in total. The number of aliphatic hydroxyl groups is 3. The minimum atomic E-state index is -0.621. The van der Waals surface area contributed by atoms with Crippen LogP contribution in [0, 0.1) is 52.3 Å². The van der Waals surface area contributed by atoms with Gasteiger partial charge in [-0.1, -0.05) is 65.7 Å². The first-order chi connectivity index (χ1) is 18.2. The Kier molecular flexibility index (Phi) is 8.91. The fraction of sp³-hybridized carbons (Fsp3) is 0.818. The Hall–Kier alpha value is -1.50. The molecule has 0 radical (unpaired) electrons. The lowest BCUT2D eigenvalue weighted by molar-refractivity contribution is -0.165. The van der Waals surface area contributed by atoms with Gasteiger partial charge in [-0.05, 0) is 73.2 Å². The number of fused-ring (bicyclic) bond motifs is 5. The van der Waals surface area contributed by atoms with Crippen molar-refractivity contribution in [3.8, 4) is 0 Å². The highest BCUT2D eigenvalue weighted by molar-refractivity contribution is 5.95. The van der Waals surface area contributed by atoms with Crippen LogP contribution in [0.2, 0.25) is 0 Å². The molecule has 4 rings (SSSR count). The summed E-state index contributed by atoms with van der Waals surface area (Å²) in [4.78, 5) is 26.1. The van der Waals surface area contributed by atoms with Crippen LogP contribution in [0.1, 0.15) is 93.4 Å². The quantitative estimate of drug-likeness (QED) is 0.285. The van der Waals surface area contributed by atoms with Gasteiger partial charge in [-0.3, -0.25) is 9.59 Å². The standard InChI is InChI=1S/C33H52O6/c1-18(2)21(11-13-34)9-8-20(5)24-16-26(36)29-28-25(35)15-22-14-23(39-31(38)19(3)4)10-12-32(22,6)30(28)27(37)17-33(24,29)7/h11,15,18-20,23-24,26-30,34,36-37H,8-10,12-14,16-17H2,1-7H3/b21-11+/t20-,23+,24?,26-,27-,28?,29?,30?,32+,33-/m1/s1. The molecular weight excluding hydrogens is 492 g/mol. The maximum atomic E-state index is 13.8. The lowest BCUT2D eigenvalue weighted by Crippen LogP contribution is -2.60. The smallest absolute Gasteiger partial charge is 0.308 e. The summed E-state index contributed by atoms with van der Waals surface area (Å²) in [5, 5.41) is 32.7. The predicted octanol–water partition coefficient (Wildman–Crippen LogP) is 5.24. The van der Waals surface area contributed by atoms with E-state index in [4.69, 9.17) is 4.74 Å². The van der Waals surface area contributed by atoms with Gasteiger partial charge in [0.15, 0.2) is 5.78 Å². The summed E-state index contributed by atoms with van der Waals surface area (Å²) in [6, 6.07) is 0. The van der Waals surface area contributed by atoms with Crippen molar-refractivity contribution in [2.45, 2.75) is 112 Å². The van der Waals surface area contributed by atoms with Crippen LogP contribution in [-0.2, 0) is 14.3 Å². The second-order valence-corrected chi connectivity index (χ2v) is 14.3. The van der Waals surface area contributed by atoms with Crippen molar-refractivity contribution >= 4 is 11.8 Å². The monoisotopic (exact) mass is 544 g/mol. The summed E-state index contributed by atoms with van der Waals surface area (Å²) in [5.41, 5.74) is 1.60. The van der Waals surface area contributed by atoms with Gasteiger partial charge in [-0.2, -0.15) is 0 Å². The first kappa shape index (κ1) is 30.5. The van der Waals surface area contributed by atoms with Crippen LogP contribution in [0.3, 0.4) is 0 Å². The molecule has 220 valence electrons. The highest BCUT2D eigenvalue weighted by Gasteiger charge is 2.66. The molecule has 3 N–H and O–H groups in total. The summed E-state index contributed by atoms with van der Waals surface area (Å²) in [6.07, 6.45) is 7.44. The van der Waals surface area contributed by atoms with Gasteiger partial charge >= 0.3 is 5.97 Å². The number of hydrogen-bond acceptors (Lipinski definition) is 6. The van der Waals surface area contributed by atoms with E-state index in [1.807, 2.05) is 19.9 Å². The summed E-state index contributed by atoms with van der Waals surface area (Å²) in [6.45, 7) is 14.6. The van der Waals surface area contributed by atoms with Crippen LogP contribution in [0.25, 0.3) is 0 Å². The molecule has 0 spiro atoms. The van der Waals surface area contributed by atoms with Crippen LogP contribution >= 0.6 is 0 Å². The Bertz CT molecular complexity index is 996. The fourth-order valence-electron chi connectivity index (χ4n) is 9.21. The van der Waals surface area contributed by atoms with Crippen molar-refractivity contribution in [3.05, 3.63) is 23.3 Å². The third-order valence-electron chi connectivity index (χ3n) is 11.3. The van der Waals surface area contributed by atoms with Crippen LogP contribution in [0.15, 0.2) is 23.3 Å². The van der Waals surface area contributed by atoms with E-state index in [2.05, 4.69) is 34.6 Å². The Labute approximate surface area is 235 Å². The van der Waals surface area contributed by atoms with E-state index >= 15 is 0 Å². The van der Waals surface area contributed by atoms with Crippen LogP contribution in [0.4, 0.5) is 0 Å². The number of aliphatic hydroxyl groups excluding tert-OH is 3. The van der Waals surface area contributed by atoms with Crippen LogP contribution in [-0.4, -0.2) is 52.0 Å². The third-order valence-corrected chi connectivity index (χ3v) is 11.3. The minimum absolute atomic E-state index is 0.0265. The highest BCUT2D eigenvalue weighted by Crippen LogP contribution is 2.66. The number of esters is 1. The second-order valence-electron chi connectivity index (χ2n) is 14.3. The highest BCUT2D eigenvalue weighted by atomic mass is 16.5. The average molecular weight is 545 g/mol. The van der Waals surface area contributed by atoms with Crippen LogP contribution in [0.5, 0.6) is 0 Å². The van der Waals surface area contributed by atoms with E-state index < -0.39 is 18.1 Å². The average Bonchev–Trinajstić information content (AvgIpc) is 3.11. The van der Waals surface area contributed by atoms with Gasteiger partial charge in [0.25, 0.3) is 0 Å². The maximum Gasteiger partial charge on any atom is 0.308 e. The van der Waals surface area contributed by atoms with Crippen LogP contribution < -0.4 is 0 Å². The molecule has 6 heteroatoms. The van der Waals surface area contributed by atoms with Crippen molar-refractivity contribution in [2.24, 2.45) is 52.3 Å². The Balaban J connectivity index is 1.58. The topological polar surface area (TPSA) is 104 Å². The maximum absolute atomic E-state index is 13.8. The zero-order chi connectivity index (χ0) is 28.9. The molecule has 3 fully saturated rings. The van der Waals surface area contributed by atoms with E-state index in [-0.39, 0.29) is 59.0 Å². The van der Waals surface area contributed by atoms with Crippen molar-refractivity contribution in [1.29, 1.82) is 0 Å². The molecule has 10 atom stereocenters. The molecule has 39 heavy (non-hydrogen) atoms. The third kappa shape index (κ3) is 5.42. The number of rotatable bonds is 8. The zero-order valence-corrected chi connectivity index (χ0v) is 25.2. The number of allylic oxidation sites excluding steroid dienone is 2. The first-order valence-electron chi connectivity index (χ1n) is 15.4. The van der Waals surface area contributed by atoms with Crippen molar-refractivity contribution in [1.82, 2.24) is 0 Å². The Morgan fingerprint density at radius 1 is 1.10 bits per heavy atom. The lowest BCUT2D eigenvalue weighted by atomic mass is 9.45. The van der Waals surface area contributed by atoms with Gasteiger partial charge in [0.05, 0.1) is 24.7 Å². The zero-order valence-electron chi connectivity index (χ0n) is 25.2. The molecule has 0 amide bonds. The first-order valence-corrected chi connectivity index (χ1v) is 15.4. The van der Waals surface area contributed by atoms with Crippen molar-refractivity contribution in [2.75, 3.05) is 6.61 Å². The van der Waals surface area contributed by atoms with E-state index in [9.17, 15) is 24.9 Å². The molecule has 0 heterocycles. The minimum Gasteiger partial charge on any atom is -0.462 e. The van der Waals surface area contributed by atoms with Gasteiger partial charge in [-0.15, -0.1) is 0 Å². The van der Waals surface area contributed by atoms with E-state index in [1.165, 1.54) is 5.57 Å². The van der Waals surface area contributed by atoms with E-state index in [0.29, 0.717) is 31.1 Å². The summed E-state index contributed by atoms with van der Waals surface area (Å²) in [7, 11) is 0. The molecule has 4 aliphatic rings. The molecule has 0 bridgehead atoms. The normalized spacial score (nSPS) is 41.1. The molecular formula is C33H52O6. The van der Waals surface area contributed by atoms with Gasteiger partial charge in [0.1, 0.15) is 6.10 Å². The molecule has 4 aliphatic carbocycles. The molecule has 0 aliphatic heterocycles. The summed E-state index contributed by atoms with van der Waals surface area (Å²) in [5.74, 6) is -0.247. The lowest BCUT2D eigenvalue weighted by Gasteiger charge is -2.59. The van der Waals surface area contributed by atoms with Gasteiger partial charge in [0, 0.05) is 24.2 Å². The van der Waals surface area contributed by atoms with Gasteiger partial charge < -0.3 is 20.1 Å². The van der Waals surface area contributed by atoms with Crippen molar-refractivity contribution in [3.63, 3.8) is 0 Å². The Morgan fingerprint density at radius 3 is 2.41 bits per heavy atom.